The molecule has 0 aliphatic carbocycles. The van der Waals surface area contributed by atoms with Crippen molar-refractivity contribution in [2.75, 3.05) is 6.54 Å². The topological polar surface area (TPSA) is 99.8 Å². The Bertz CT molecular complexity index is 811. The van der Waals surface area contributed by atoms with Crippen molar-refractivity contribution >= 4 is 28.6 Å². The summed E-state index contributed by atoms with van der Waals surface area (Å²) in [5.74, 6) is -2.51. The van der Waals surface area contributed by atoms with E-state index in [0.29, 0.717) is 12.2 Å². The molecule has 136 valence electrons. The van der Waals surface area contributed by atoms with E-state index in [-0.39, 0.29) is 0 Å². The number of aliphatic carboxylic acids is 2. The zero-order valence-electron chi connectivity index (χ0n) is 14.5. The number of hydrogen-bond donors (Lipinski definition) is 2. The maximum atomic E-state index is 9.55. The summed E-state index contributed by atoms with van der Waals surface area (Å²) in [6.45, 7) is 0.974. The predicted octanol–water partition coefficient (Wildman–Crippen LogP) is 3.70. The number of hydrogen-bond acceptors (Lipinski definition) is 4. The molecule has 26 heavy (non-hydrogen) atoms. The van der Waals surface area contributed by atoms with Gasteiger partial charge in [0.25, 0.3) is 0 Å². The molecule has 1 aliphatic heterocycles. The summed E-state index contributed by atoms with van der Waals surface area (Å²) in [7, 11) is 0. The molecule has 6 nitrogen and oxygen atoms in total. The molecule has 0 spiro atoms. The fraction of sp³-hybridized carbons (Fsp3) is 0.300. The van der Waals surface area contributed by atoms with Gasteiger partial charge in [0.2, 0.25) is 0 Å². The van der Waals surface area contributed by atoms with E-state index in [4.69, 9.17) is 15.2 Å². The number of carboxylic acid groups (broad SMARTS) is 2. The fourth-order valence-corrected chi connectivity index (χ4v) is 2.66. The number of fused-ring (bicyclic) bond motifs is 1. The molecule has 0 unspecified atom stereocenters. The van der Waals surface area contributed by atoms with Crippen LogP contribution in [0.3, 0.4) is 0 Å². The van der Waals surface area contributed by atoms with Crippen molar-refractivity contribution in [1.82, 2.24) is 4.98 Å². The number of aliphatic imine (C=N–C) groups is 1. The number of benzene rings is 1. The average molecular weight is 354 g/mol. The lowest BCUT2D eigenvalue weighted by molar-refractivity contribution is -0.134. The first-order valence-electron chi connectivity index (χ1n) is 8.58. The van der Waals surface area contributed by atoms with Crippen molar-refractivity contribution in [3.63, 3.8) is 0 Å². The van der Waals surface area contributed by atoms with E-state index in [1.165, 1.54) is 42.3 Å². The van der Waals surface area contributed by atoms with E-state index in [2.05, 4.69) is 29.2 Å². The molecule has 0 radical (unpaired) electrons. The van der Waals surface area contributed by atoms with Gasteiger partial charge in [0.15, 0.2) is 0 Å². The van der Waals surface area contributed by atoms with Gasteiger partial charge in [0.05, 0.1) is 5.52 Å². The Labute approximate surface area is 151 Å². The van der Waals surface area contributed by atoms with Crippen LogP contribution in [0, 0.1) is 0 Å². The molecule has 6 heteroatoms. The van der Waals surface area contributed by atoms with E-state index in [1.54, 1.807) is 0 Å². The van der Waals surface area contributed by atoms with Gasteiger partial charge in [0.1, 0.15) is 0 Å². The standard InChI is InChI=1S/C16H18N2.C4H4O4/c1-2-6-10-17-16(8-3-1)14-11-13-7-4-5-9-15(13)18-12-14;5-3(6)1-2-4(7)8/h4-5,7,9,11-12H,1-3,6,8,10H2;1-2H,(H,5,6)(H,7,8)/b;2-1+. The highest BCUT2D eigenvalue weighted by atomic mass is 16.4. The Morgan fingerprint density at radius 3 is 2.38 bits per heavy atom. The normalized spacial score (nSPS) is 14.7. The van der Waals surface area contributed by atoms with Gasteiger partial charge in [-0.05, 0) is 31.4 Å². The first-order valence-corrected chi connectivity index (χ1v) is 8.58. The second-order valence-electron chi connectivity index (χ2n) is 5.92. The van der Waals surface area contributed by atoms with Crippen LogP contribution in [0.15, 0.2) is 53.7 Å². The molecule has 0 fully saturated rings. The van der Waals surface area contributed by atoms with Gasteiger partial charge in [-0.15, -0.1) is 0 Å². The highest BCUT2D eigenvalue weighted by molar-refractivity contribution is 6.02. The van der Waals surface area contributed by atoms with Crippen LogP contribution in [-0.4, -0.2) is 39.4 Å². The summed E-state index contributed by atoms with van der Waals surface area (Å²) in [6, 6.07) is 10.5. The van der Waals surface area contributed by atoms with Crippen LogP contribution in [0.5, 0.6) is 0 Å². The molecule has 1 aliphatic rings. The van der Waals surface area contributed by atoms with Crippen LogP contribution >= 0.6 is 0 Å². The molecular formula is C20H22N2O4. The third-order valence-electron chi connectivity index (χ3n) is 3.92. The van der Waals surface area contributed by atoms with Gasteiger partial charge in [-0.3, -0.25) is 9.98 Å². The lowest BCUT2D eigenvalue weighted by Gasteiger charge is -2.11. The smallest absolute Gasteiger partial charge is 0.328 e. The molecule has 1 aromatic carbocycles. The lowest BCUT2D eigenvalue weighted by atomic mass is 10.0. The molecule has 2 aromatic rings. The van der Waals surface area contributed by atoms with Crippen LogP contribution in [0.2, 0.25) is 0 Å². The number of carboxylic acids is 2. The van der Waals surface area contributed by atoms with E-state index in [0.717, 1.165) is 18.5 Å². The SMILES string of the molecule is O=C(O)/C=C/C(=O)O.c1ccc2ncc(C3=NCCCCCC3)cc2c1. The Kier molecular flexibility index (Phi) is 7.49. The van der Waals surface area contributed by atoms with Crippen molar-refractivity contribution in [3.05, 3.63) is 54.2 Å². The van der Waals surface area contributed by atoms with E-state index in [1.807, 2.05) is 12.3 Å². The van der Waals surface area contributed by atoms with Crippen molar-refractivity contribution in [2.24, 2.45) is 4.99 Å². The molecule has 0 saturated carbocycles. The second kappa shape index (κ2) is 10.1. The van der Waals surface area contributed by atoms with Crippen LogP contribution in [0.4, 0.5) is 0 Å². The van der Waals surface area contributed by atoms with E-state index >= 15 is 0 Å². The molecule has 2 heterocycles. The Morgan fingerprint density at radius 1 is 0.962 bits per heavy atom. The number of nitrogens with zero attached hydrogens (tertiary/aromatic N) is 2. The van der Waals surface area contributed by atoms with Crippen molar-refractivity contribution in [2.45, 2.75) is 32.1 Å². The maximum Gasteiger partial charge on any atom is 0.328 e. The summed E-state index contributed by atoms with van der Waals surface area (Å²) in [4.78, 5) is 28.4. The molecular weight excluding hydrogens is 332 g/mol. The molecule has 2 N–H and O–H groups in total. The summed E-state index contributed by atoms with van der Waals surface area (Å²) in [5.41, 5.74) is 3.51. The van der Waals surface area contributed by atoms with Crippen LogP contribution in [0.25, 0.3) is 10.9 Å². The van der Waals surface area contributed by atoms with Crippen molar-refractivity contribution < 1.29 is 19.8 Å². The zero-order chi connectivity index (χ0) is 18.8. The lowest BCUT2D eigenvalue weighted by Crippen LogP contribution is -2.05. The number of rotatable bonds is 3. The molecule has 0 bridgehead atoms. The minimum Gasteiger partial charge on any atom is -0.478 e. The second-order valence-corrected chi connectivity index (χ2v) is 5.92. The third-order valence-corrected chi connectivity index (χ3v) is 3.92. The van der Waals surface area contributed by atoms with Gasteiger partial charge >= 0.3 is 11.9 Å². The summed E-state index contributed by atoms with van der Waals surface area (Å²) in [5, 5.41) is 16.8. The predicted molar refractivity (Wildman–Crippen MR) is 101 cm³/mol. The van der Waals surface area contributed by atoms with Crippen LogP contribution in [-0.2, 0) is 9.59 Å². The highest BCUT2D eigenvalue weighted by Gasteiger charge is 2.07. The number of para-hydroxylation sites is 1. The minimum absolute atomic E-state index is 0.558. The Morgan fingerprint density at radius 2 is 1.65 bits per heavy atom. The van der Waals surface area contributed by atoms with Gasteiger partial charge in [-0.2, -0.15) is 0 Å². The maximum absolute atomic E-state index is 9.55. The first-order chi connectivity index (χ1) is 12.6. The summed E-state index contributed by atoms with van der Waals surface area (Å²) in [6.07, 6.45) is 9.33. The van der Waals surface area contributed by atoms with E-state index < -0.39 is 11.9 Å². The van der Waals surface area contributed by atoms with Gasteiger partial charge in [-0.1, -0.05) is 31.0 Å². The minimum atomic E-state index is -1.26. The zero-order valence-corrected chi connectivity index (χ0v) is 14.5. The molecule has 0 saturated heterocycles. The van der Waals surface area contributed by atoms with Crippen LogP contribution in [0.1, 0.15) is 37.7 Å². The highest BCUT2D eigenvalue weighted by Crippen LogP contribution is 2.17. The average Bonchev–Trinajstić information content (AvgIpc) is 2.60. The molecule has 3 rings (SSSR count). The van der Waals surface area contributed by atoms with Gasteiger partial charge in [0, 0.05) is 41.6 Å². The quantitative estimate of drug-likeness (QED) is 0.819. The first kappa shape index (κ1) is 19.3. The monoisotopic (exact) mass is 354 g/mol. The van der Waals surface area contributed by atoms with Crippen molar-refractivity contribution in [1.29, 1.82) is 0 Å². The number of aromatic nitrogens is 1. The number of carbonyl (C=O) groups is 2. The fourth-order valence-electron chi connectivity index (χ4n) is 2.66. The van der Waals surface area contributed by atoms with E-state index in [9.17, 15) is 9.59 Å². The number of pyridine rings is 1. The summed E-state index contributed by atoms with van der Waals surface area (Å²) >= 11 is 0. The van der Waals surface area contributed by atoms with Gasteiger partial charge in [-0.25, -0.2) is 9.59 Å². The molecule has 0 amide bonds. The van der Waals surface area contributed by atoms with Gasteiger partial charge < -0.3 is 10.2 Å². The Balaban J connectivity index is 0.000000260. The Hall–Kier alpha value is -3.02. The largest absolute Gasteiger partial charge is 0.478 e. The molecule has 0 atom stereocenters. The molecule has 1 aromatic heterocycles. The van der Waals surface area contributed by atoms with Crippen molar-refractivity contribution in [3.8, 4) is 0 Å². The van der Waals surface area contributed by atoms with Crippen LogP contribution < -0.4 is 0 Å². The summed E-state index contributed by atoms with van der Waals surface area (Å²) < 4.78 is 0. The third kappa shape index (κ3) is 6.47.